The number of fused-ring (bicyclic) bond motifs is 2. The van der Waals surface area contributed by atoms with Crippen molar-refractivity contribution in [3.05, 3.63) is 41.1 Å². The molecule has 2 aromatic rings. The number of hydrogen-bond donors (Lipinski definition) is 0. The van der Waals surface area contributed by atoms with Crippen molar-refractivity contribution in [3.63, 3.8) is 0 Å². The number of pyridine rings is 1. The van der Waals surface area contributed by atoms with Gasteiger partial charge >= 0.3 is 0 Å². The summed E-state index contributed by atoms with van der Waals surface area (Å²) in [6, 6.07) is 8.54. The van der Waals surface area contributed by atoms with Crippen LogP contribution in [0.15, 0.2) is 24.3 Å². The Morgan fingerprint density at radius 1 is 1.16 bits per heavy atom. The number of nitrogens with zero attached hydrogens (tertiary/aromatic N) is 2. The van der Waals surface area contributed by atoms with Crippen LogP contribution >= 0.6 is 0 Å². The van der Waals surface area contributed by atoms with Gasteiger partial charge in [-0.05, 0) is 43.5 Å². The van der Waals surface area contributed by atoms with Crippen LogP contribution in [0.4, 0.5) is 0 Å². The van der Waals surface area contributed by atoms with Gasteiger partial charge in [-0.1, -0.05) is 25.1 Å². The van der Waals surface area contributed by atoms with Gasteiger partial charge in [-0.3, -0.25) is 4.98 Å². The van der Waals surface area contributed by atoms with Gasteiger partial charge in [0, 0.05) is 30.6 Å². The predicted molar refractivity (Wildman–Crippen MR) is 80.6 cm³/mol. The molecule has 0 radical (unpaired) electrons. The Bertz CT molecular complexity index is 589. The molecule has 0 fully saturated rings. The van der Waals surface area contributed by atoms with Crippen molar-refractivity contribution < 1.29 is 0 Å². The van der Waals surface area contributed by atoms with E-state index >= 15 is 0 Å². The average Bonchev–Trinajstić information content (AvgIpc) is 2.63. The Morgan fingerprint density at radius 3 is 2.79 bits per heavy atom. The second-order valence-electron chi connectivity index (χ2n) is 5.52. The van der Waals surface area contributed by atoms with Gasteiger partial charge in [0.05, 0.1) is 5.52 Å². The zero-order valence-electron chi connectivity index (χ0n) is 11.9. The molecule has 0 saturated carbocycles. The van der Waals surface area contributed by atoms with Crippen molar-refractivity contribution in [3.8, 4) is 0 Å². The van der Waals surface area contributed by atoms with E-state index < -0.39 is 0 Å². The third kappa shape index (κ3) is 2.37. The molecule has 0 spiro atoms. The molecule has 1 aliphatic rings. The summed E-state index contributed by atoms with van der Waals surface area (Å²) in [5, 5.41) is 1.32. The first-order valence-electron chi connectivity index (χ1n) is 7.39. The molecule has 3 rings (SSSR count). The molecule has 0 saturated heterocycles. The van der Waals surface area contributed by atoms with Crippen molar-refractivity contribution in [2.75, 3.05) is 19.6 Å². The van der Waals surface area contributed by atoms with Crippen LogP contribution in [0.25, 0.3) is 10.9 Å². The summed E-state index contributed by atoms with van der Waals surface area (Å²) in [6.07, 6.45) is 3.49. The van der Waals surface area contributed by atoms with E-state index in [-0.39, 0.29) is 0 Å². The highest BCUT2D eigenvalue weighted by Gasteiger charge is 2.17. The van der Waals surface area contributed by atoms with Crippen LogP contribution < -0.4 is 0 Å². The van der Waals surface area contributed by atoms with Crippen LogP contribution in [-0.2, 0) is 12.8 Å². The maximum absolute atomic E-state index is 4.90. The molecule has 2 heterocycles. The van der Waals surface area contributed by atoms with Crippen molar-refractivity contribution in [1.82, 2.24) is 9.88 Å². The Labute approximate surface area is 115 Å². The summed E-state index contributed by atoms with van der Waals surface area (Å²) in [4.78, 5) is 7.48. The van der Waals surface area contributed by atoms with E-state index in [9.17, 15) is 0 Å². The maximum Gasteiger partial charge on any atom is 0.0708 e. The van der Waals surface area contributed by atoms with Gasteiger partial charge in [-0.2, -0.15) is 0 Å². The maximum atomic E-state index is 4.90. The fourth-order valence-corrected chi connectivity index (χ4v) is 3.20. The Hall–Kier alpha value is -1.41. The highest BCUT2D eigenvalue weighted by molar-refractivity contribution is 5.83. The van der Waals surface area contributed by atoms with Crippen LogP contribution in [0.5, 0.6) is 0 Å². The SMILES string of the molecule is CCCN1CCc2nc3ccccc3c(C)c2CC1. The second kappa shape index (κ2) is 5.30. The Balaban J connectivity index is 2.02. The summed E-state index contributed by atoms with van der Waals surface area (Å²) in [7, 11) is 0. The molecular formula is C17H22N2. The monoisotopic (exact) mass is 254 g/mol. The minimum absolute atomic E-state index is 1.10. The minimum atomic E-state index is 1.10. The molecule has 0 atom stereocenters. The standard InChI is InChI=1S/C17H22N2/c1-3-10-19-11-8-15-13(2)14-6-4-5-7-16(14)18-17(15)9-12-19/h4-7H,3,8-12H2,1-2H3. The van der Waals surface area contributed by atoms with E-state index in [1.807, 2.05) is 0 Å². The summed E-state index contributed by atoms with van der Waals surface area (Å²) in [6.45, 7) is 8.08. The lowest BCUT2D eigenvalue weighted by Crippen LogP contribution is -2.27. The largest absolute Gasteiger partial charge is 0.303 e. The third-order valence-electron chi connectivity index (χ3n) is 4.25. The first kappa shape index (κ1) is 12.6. The zero-order valence-corrected chi connectivity index (χ0v) is 11.9. The van der Waals surface area contributed by atoms with Crippen molar-refractivity contribution in [1.29, 1.82) is 0 Å². The topological polar surface area (TPSA) is 16.1 Å². The highest BCUT2D eigenvalue weighted by atomic mass is 15.1. The van der Waals surface area contributed by atoms with Crippen LogP contribution in [-0.4, -0.2) is 29.5 Å². The zero-order chi connectivity index (χ0) is 13.2. The molecule has 1 aliphatic heterocycles. The van der Waals surface area contributed by atoms with E-state index in [2.05, 4.69) is 43.0 Å². The highest BCUT2D eigenvalue weighted by Crippen LogP contribution is 2.25. The summed E-state index contributed by atoms with van der Waals surface area (Å²) in [5.41, 5.74) is 5.42. The van der Waals surface area contributed by atoms with Gasteiger partial charge in [0.25, 0.3) is 0 Å². The Kier molecular flexibility index (Phi) is 3.52. The summed E-state index contributed by atoms with van der Waals surface area (Å²) in [5.74, 6) is 0. The third-order valence-corrected chi connectivity index (χ3v) is 4.25. The first-order chi connectivity index (χ1) is 9.29. The molecular weight excluding hydrogens is 232 g/mol. The lowest BCUT2D eigenvalue weighted by atomic mass is 9.99. The van der Waals surface area contributed by atoms with E-state index in [1.54, 1.807) is 0 Å². The van der Waals surface area contributed by atoms with Crippen molar-refractivity contribution in [2.45, 2.75) is 33.1 Å². The van der Waals surface area contributed by atoms with E-state index in [4.69, 9.17) is 4.98 Å². The van der Waals surface area contributed by atoms with Crippen molar-refractivity contribution in [2.24, 2.45) is 0 Å². The molecule has 1 aromatic heterocycles. The van der Waals surface area contributed by atoms with Crippen LogP contribution in [0.3, 0.4) is 0 Å². The number of aromatic nitrogens is 1. The van der Waals surface area contributed by atoms with Crippen LogP contribution in [0, 0.1) is 6.92 Å². The second-order valence-corrected chi connectivity index (χ2v) is 5.52. The van der Waals surface area contributed by atoms with Crippen LogP contribution in [0.1, 0.15) is 30.2 Å². The van der Waals surface area contributed by atoms with Gasteiger partial charge in [0.15, 0.2) is 0 Å². The van der Waals surface area contributed by atoms with E-state index in [0.717, 1.165) is 24.9 Å². The van der Waals surface area contributed by atoms with Crippen LogP contribution in [0.2, 0.25) is 0 Å². The average molecular weight is 254 g/mol. The molecule has 0 N–H and O–H groups in total. The molecule has 0 amide bonds. The van der Waals surface area contributed by atoms with Crippen molar-refractivity contribution >= 4 is 10.9 Å². The predicted octanol–water partition coefficient (Wildman–Crippen LogP) is 3.35. The van der Waals surface area contributed by atoms with Gasteiger partial charge in [-0.15, -0.1) is 0 Å². The molecule has 0 aliphatic carbocycles. The van der Waals surface area contributed by atoms with Gasteiger partial charge in [-0.25, -0.2) is 0 Å². The molecule has 2 nitrogen and oxygen atoms in total. The van der Waals surface area contributed by atoms with E-state index in [0.29, 0.717) is 0 Å². The molecule has 1 aromatic carbocycles. The molecule has 100 valence electrons. The number of benzene rings is 1. The molecule has 2 heteroatoms. The lowest BCUT2D eigenvalue weighted by Gasteiger charge is -2.18. The molecule has 0 unspecified atom stereocenters. The van der Waals surface area contributed by atoms with Gasteiger partial charge < -0.3 is 4.90 Å². The number of para-hydroxylation sites is 1. The molecule has 0 bridgehead atoms. The van der Waals surface area contributed by atoms with Gasteiger partial charge in [0.2, 0.25) is 0 Å². The minimum Gasteiger partial charge on any atom is -0.303 e. The normalized spacial score (nSPS) is 16.3. The number of rotatable bonds is 2. The number of hydrogen-bond acceptors (Lipinski definition) is 2. The quantitative estimate of drug-likeness (QED) is 0.817. The fraction of sp³-hybridized carbons (Fsp3) is 0.471. The number of aryl methyl sites for hydroxylation is 1. The smallest absolute Gasteiger partial charge is 0.0708 e. The first-order valence-corrected chi connectivity index (χ1v) is 7.39. The summed E-state index contributed by atoms with van der Waals surface area (Å²) >= 11 is 0. The Morgan fingerprint density at radius 2 is 1.95 bits per heavy atom. The van der Waals surface area contributed by atoms with E-state index in [1.165, 1.54) is 41.7 Å². The lowest BCUT2D eigenvalue weighted by molar-refractivity contribution is 0.288. The van der Waals surface area contributed by atoms with Gasteiger partial charge in [0.1, 0.15) is 0 Å². The fourth-order valence-electron chi connectivity index (χ4n) is 3.20. The summed E-state index contributed by atoms with van der Waals surface area (Å²) < 4.78 is 0. The molecule has 19 heavy (non-hydrogen) atoms.